The maximum Gasteiger partial charge on any atom is 0.144 e. The van der Waals surface area contributed by atoms with Crippen molar-refractivity contribution >= 4 is 11.6 Å². The van der Waals surface area contributed by atoms with Crippen molar-refractivity contribution in [1.82, 2.24) is 14.9 Å². The minimum atomic E-state index is 0.528. The summed E-state index contributed by atoms with van der Waals surface area (Å²) in [6.07, 6.45) is 2.29. The van der Waals surface area contributed by atoms with Crippen LogP contribution >= 0.6 is 11.6 Å². The van der Waals surface area contributed by atoms with Crippen LogP contribution in [0.5, 0.6) is 0 Å². The quantitative estimate of drug-likeness (QED) is 0.742. The van der Waals surface area contributed by atoms with Crippen molar-refractivity contribution in [3.05, 3.63) is 22.7 Å². The minimum absolute atomic E-state index is 0.528. The molecule has 0 saturated carbocycles. The summed E-state index contributed by atoms with van der Waals surface area (Å²) in [5.74, 6) is 0.805. The van der Waals surface area contributed by atoms with E-state index in [0.717, 1.165) is 30.9 Å². The molecule has 0 aliphatic rings. The van der Waals surface area contributed by atoms with Crippen molar-refractivity contribution in [2.75, 3.05) is 7.05 Å². The van der Waals surface area contributed by atoms with E-state index in [1.165, 1.54) is 0 Å². The predicted molar refractivity (Wildman–Crippen MR) is 67.6 cm³/mol. The molecular formula is C12H20ClN3. The second-order valence-electron chi connectivity index (χ2n) is 4.13. The number of aryl methyl sites for hydroxylation is 1. The van der Waals surface area contributed by atoms with Crippen LogP contribution in [-0.4, -0.2) is 28.0 Å². The van der Waals surface area contributed by atoms with Gasteiger partial charge in [0.25, 0.3) is 0 Å². The van der Waals surface area contributed by atoms with Gasteiger partial charge in [0.2, 0.25) is 0 Å². The molecule has 0 aliphatic heterocycles. The Kier molecular flexibility index (Phi) is 5.16. The van der Waals surface area contributed by atoms with Gasteiger partial charge in [0.15, 0.2) is 0 Å². The van der Waals surface area contributed by atoms with Gasteiger partial charge in [0.1, 0.15) is 11.0 Å². The fourth-order valence-electron chi connectivity index (χ4n) is 1.92. The van der Waals surface area contributed by atoms with E-state index < -0.39 is 0 Å². The highest BCUT2D eigenvalue weighted by Crippen LogP contribution is 2.11. The summed E-state index contributed by atoms with van der Waals surface area (Å²) < 4.78 is 0. The lowest BCUT2D eigenvalue weighted by atomic mass is 10.1. The highest BCUT2D eigenvalue weighted by molar-refractivity contribution is 6.29. The van der Waals surface area contributed by atoms with Gasteiger partial charge in [-0.05, 0) is 32.9 Å². The first kappa shape index (κ1) is 13.4. The van der Waals surface area contributed by atoms with E-state index in [0.29, 0.717) is 11.2 Å². The molecule has 0 atom stereocenters. The molecular weight excluding hydrogens is 222 g/mol. The molecule has 3 nitrogen and oxygen atoms in total. The lowest BCUT2D eigenvalue weighted by molar-refractivity contribution is 0.216. The second kappa shape index (κ2) is 6.16. The third kappa shape index (κ3) is 3.72. The van der Waals surface area contributed by atoms with Gasteiger partial charge < -0.3 is 0 Å². The molecule has 0 radical (unpaired) electrons. The van der Waals surface area contributed by atoms with E-state index >= 15 is 0 Å². The summed E-state index contributed by atoms with van der Waals surface area (Å²) in [6.45, 7) is 7.10. The molecule has 1 aromatic rings. The van der Waals surface area contributed by atoms with E-state index in [4.69, 9.17) is 11.6 Å². The molecule has 4 heteroatoms. The van der Waals surface area contributed by atoms with Crippen LogP contribution in [-0.2, 0) is 6.54 Å². The van der Waals surface area contributed by atoms with Crippen LogP contribution in [0.1, 0.15) is 38.2 Å². The second-order valence-corrected chi connectivity index (χ2v) is 4.52. The normalized spacial score (nSPS) is 11.4. The fraction of sp³-hybridized carbons (Fsp3) is 0.667. The molecule has 1 aromatic heterocycles. The number of halogens is 1. The first-order valence-electron chi connectivity index (χ1n) is 5.77. The van der Waals surface area contributed by atoms with Gasteiger partial charge in [0.05, 0.1) is 6.54 Å². The summed E-state index contributed by atoms with van der Waals surface area (Å²) in [7, 11) is 2.11. The van der Waals surface area contributed by atoms with Gasteiger partial charge in [-0.25, -0.2) is 9.97 Å². The van der Waals surface area contributed by atoms with Crippen molar-refractivity contribution in [3.63, 3.8) is 0 Å². The maximum atomic E-state index is 5.91. The first-order valence-corrected chi connectivity index (χ1v) is 6.14. The summed E-state index contributed by atoms with van der Waals surface area (Å²) in [5.41, 5.74) is 0.924. The number of hydrogen-bond acceptors (Lipinski definition) is 3. The molecule has 1 rings (SSSR count). The van der Waals surface area contributed by atoms with Gasteiger partial charge in [-0.3, -0.25) is 4.90 Å². The molecule has 0 saturated heterocycles. The van der Waals surface area contributed by atoms with Crippen LogP contribution < -0.4 is 0 Å². The topological polar surface area (TPSA) is 29.0 Å². The van der Waals surface area contributed by atoms with Crippen LogP contribution in [0.15, 0.2) is 6.07 Å². The summed E-state index contributed by atoms with van der Waals surface area (Å²) in [5, 5.41) is 0.528. The van der Waals surface area contributed by atoms with Gasteiger partial charge in [-0.2, -0.15) is 0 Å². The number of aromatic nitrogens is 2. The lowest BCUT2D eigenvalue weighted by Gasteiger charge is -2.25. The van der Waals surface area contributed by atoms with E-state index in [1.54, 1.807) is 6.07 Å². The summed E-state index contributed by atoms with van der Waals surface area (Å²) in [4.78, 5) is 10.9. The van der Waals surface area contributed by atoms with Crippen LogP contribution in [0.4, 0.5) is 0 Å². The molecule has 0 aromatic carbocycles. The average Bonchev–Trinajstić information content (AvgIpc) is 2.17. The molecule has 0 bridgehead atoms. The third-order valence-electron chi connectivity index (χ3n) is 2.83. The van der Waals surface area contributed by atoms with Crippen LogP contribution in [0, 0.1) is 6.92 Å². The smallest absolute Gasteiger partial charge is 0.144 e. The number of nitrogens with zero attached hydrogens (tertiary/aromatic N) is 3. The Morgan fingerprint density at radius 2 is 1.94 bits per heavy atom. The molecule has 0 unspecified atom stereocenters. The maximum absolute atomic E-state index is 5.91. The zero-order chi connectivity index (χ0) is 12.1. The summed E-state index contributed by atoms with van der Waals surface area (Å²) >= 11 is 5.91. The zero-order valence-corrected chi connectivity index (χ0v) is 11.3. The van der Waals surface area contributed by atoms with Crippen molar-refractivity contribution in [3.8, 4) is 0 Å². The SMILES string of the molecule is CCC(CC)N(C)Cc1nc(C)cc(Cl)n1. The average molecular weight is 242 g/mol. The van der Waals surface area contributed by atoms with Gasteiger partial charge in [-0.1, -0.05) is 25.4 Å². The molecule has 90 valence electrons. The Hall–Kier alpha value is -0.670. The Morgan fingerprint density at radius 1 is 1.31 bits per heavy atom. The zero-order valence-electron chi connectivity index (χ0n) is 10.5. The molecule has 0 fully saturated rings. The van der Waals surface area contributed by atoms with Crippen molar-refractivity contribution < 1.29 is 0 Å². The third-order valence-corrected chi connectivity index (χ3v) is 3.02. The van der Waals surface area contributed by atoms with Gasteiger partial charge >= 0.3 is 0 Å². The monoisotopic (exact) mass is 241 g/mol. The lowest BCUT2D eigenvalue weighted by Crippen LogP contribution is -2.30. The van der Waals surface area contributed by atoms with Crippen LogP contribution in [0.2, 0.25) is 5.15 Å². The largest absolute Gasteiger partial charge is 0.296 e. The van der Waals surface area contributed by atoms with E-state index in [9.17, 15) is 0 Å². The minimum Gasteiger partial charge on any atom is -0.296 e. The van der Waals surface area contributed by atoms with E-state index in [2.05, 4.69) is 35.8 Å². The Bertz CT molecular complexity index is 317. The molecule has 0 N–H and O–H groups in total. The van der Waals surface area contributed by atoms with Gasteiger partial charge in [0, 0.05) is 11.7 Å². The number of rotatable bonds is 5. The van der Waals surface area contributed by atoms with Crippen molar-refractivity contribution in [2.45, 2.75) is 46.2 Å². The van der Waals surface area contributed by atoms with Crippen LogP contribution in [0.3, 0.4) is 0 Å². The Morgan fingerprint density at radius 3 is 2.44 bits per heavy atom. The molecule has 0 aliphatic carbocycles. The molecule has 16 heavy (non-hydrogen) atoms. The van der Waals surface area contributed by atoms with Crippen LogP contribution in [0.25, 0.3) is 0 Å². The first-order chi connectivity index (χ1) is 7.56. The molecule has 1 heterocycles. The standard InChI is InChI=1S/C12H20ClN3/c1-5-10(6-2)16(4)8-12-14-9(3)7-11(13)15-12/h7,10H,5-6,8H2,1-4H3. The number of hydrogen-bond donors (Lipinski definition) is 0. The van der Waals surface area contributed by atoms with Crippen molar-refractivity contribution in [1.29, 1.82) is 0 Å². The molecule has 0 spiro atoms. The molecule has 0 amide bonds. The highest BCUT2D eigenvalue weighted by atomic mass is 35.5. The predicted octanol–water partition coefficient (Wildman–Crippen LogP) is 3.06. The van der Waals surface area contributed by atoms with E-state index in [1.807, 2.05) is 6.92 Å². The Labute approximate surface area is 103 Å². The highest BCUT2D eigenvalue weighted by Gasteiger charge is 2.12. The Balaban J connectivity index is 2.72. The summed E-state index contributed by atoms with van der Waals surface area (Å²) in [6, 6.07) is 2.37. The van der Waals surface area contributed by atoms with Crippen molar-refractivity contribution in [2.24, 2.45) is 0 Å². The van der Waals surface area contributed by atoms with Gasteiger partial charge in [-0.15, -0.1) is 0 Å². The fourth-order valence-corrected chi connectivity index (χ4v) is 2.18. The van der Waals surface area contributed by atoms with E-state index in [-0.39, 0.29) is 0 Å².